The second kappa shape index (κ2) is 9.99. The van der Waals surface area contributed by atoms with Crippen molar-refractivity contribution < 1.29 is 19.5 Å². The van der Waals surface area contributed by atoms with Gasteiger partial charge in [0.05, 0.1) is 17.4 Å². The van der Waals surface area contributed by atoms with Crippen LogP contribution in [0.2, 0.25) is 5.02 Å². The summed E-state index contributed by atoms with van der Waals surface area (Å²) in [4.78, 5) is 44.5. The number of halogens is 1. The molecule has 0 amide bonds. The average Bonchev–Trinajstić information content (AvgIpc) is 3.74. The van der Waals surface area contributed by atoms with Gasteiger partial charge in [0.1, 0.15) is 5.69 Å². The summed E-state index contributed by atoms with van der Waals surface area (Å²) in [5, 5.41) is 10.4. The number of nitrogens with zero attached hydrogens (tertiary/aromatic N) is 2. The molecule has 184 valence electrons. The SMILES string of the molecule is CN(c1ccc(Cl)cc1)c1ccc(C(=O)c2ccc(C(=O)C3CC3c3ccccc3)c(C(=O)O)c2)nc1. The minimum Gasteiger partial charge on any atom is -0.478 e. The molecule has 37 heavy (non-hydrogen) atoms. The smallest absolute Gasteiger partial charge is 0.336 e. The van der Waals surface area contributed by atoms with Crippen molar-refractivity contribution >= 4 is 40.5 Å². The maximum atomic E-state index is 13.1. The molecule has 1 heterocycles. The third-order valence-corrected chi connectivity index (χ3v) is 6.97. The van der Waals surface area contributed by atoms with Crippen LogP contribution in [-0.4, -0.2) is 34.7 Å². The number of carbonyl (C=O) groups excluding carboxylic acids is 2. The Kier molecular flexibility index (Phi) is 6.59. The van der Waals surface area contributed by atoms with Gasteiger partial charge in [0.25, 0.3) is 0 Å². The van der Waals surface area contributed by atoms with Gasteiger partial charge >= 0.3 is 5.97 Å². The van der Waals surface area contributed by atoms with Gasteiger partial charge in [0.15, 0.2) is 5.78 Å². The van der Waals surface area contributed by atoms with E-state index in [9.17, 15) is 19.5 Å². The molecule has 1 fully saturated rings. The highest BCUT2D eigenvalue weighted by Gasteiger charge is 2.44. The van der Waals surface area contributed by atoms with E-state index in [0.29, 0.717) is 11.4 Å². The molecule has 0 saturated heterocycles. The molecule has 1 aliphatic rings. The molecular formula is C30H23ClN2O4. The Morgan fingerprint density at radius 2 is 1.59 bits per heavy atom. The Hall–Kier alpha value is -4.29. The van der Waals surface area contributed by atoms with Gasteiger partial charge in [-0.25, -0.2) is 4.79 Å². The van der Waals surface area contributed by atoms with Gasteiger partial charge in [0.2, 0.25) is 5.78 Å². The molecule has 1 saturated carbocycles. The Bertz CT molecular complexity index is 1480. The number of carboxylic acid groups (broad SMARTS) is 1. The third-order valence-electron chi connectivity index (χ3n) is 6.71. The molecule has 4 aromatic rings. The quantitative estimate of drug-likeness (QED) is 0.275. The van der Waals surface area contributed by atoms with Gasteiger partial charge in [-0.2, -0.15) is 0 Å². The van der Waals surface area contributed by atoms with Crippen LogP contribution in [0.5, 0.6) is 0 Å². The van der Waals surface area contributed by atoms with Crippen LogP contribution in [0.15, 0.2) is 91.1 Å². The highest BCUT2D eigenvalue weighted by Crippen LogP contribution is 2.49. The standard InChI is InChI=1S/C30H23ClN2O4/c1-33(21-10-8-20(31)9-11-21)22-12-14-27(32-17-22)28(34)19-7-13-23(26(15-19)30(36)37)29(35)25-16-24(25)18-5-3-2-4-6-18/h2-15,17,24-25H,16H2,1H3,(H,36,37). The van der Waals surface area contributed by atoms with E-state index in [4.69, 9.17) is 11.6 Å². The Labute approximate surface area is 219 Å². The van der Waals surface area contributed by atoms with Crippen LogP contribution in [0, 0.1) is 5.92 Å². The molecular weight excluding hydrogens is 488 g/mol. The van der Waals surface area contributed by atoms with Gasteiger partial charge in [-0.05, 0) is 66.4 Å². The van der Waals surface area contributed by atoms with E-state index in [1.165, 1.54) is 18.2 Å². The number of rotatable bonds is 8. The van der Waals surface area contributed by atoms with E-state index in [0.717, 1.165) is 16.9 Å². The summed E-state index contributed by atoms with van der Waals surface area (Å²) in [7, 11) is 1.87. The summed E-state index contributed by atoms with van der Waals surface area (Å²) >= 11 is 5.96. The van der Waals surface area contributed by atoms with Crippen molar-refractivity contribution in [2.75, 3.05) is 11.9 Å². The zero-order valence-electron chi connectivity index (χ0n) is 20.0. The first-order valence-corrected chi connectivity index (χ1v) is 12.2. The predicted octanol–water partition coefficient (Wildman–Crippen LogP) is 6.42. The fourth-order valence-corrected chi connectivity index (χ4v) is 4.64. The lowest BCUT2D eigenvalue weighted by Crippen LogP contribution is -2.14. The first-order valence-electron chi connectivity index (χ1n) is 11.8. The van der Waals surface area contributed by atoms with Crippen LogP contribution in [0.4, 0.5) is 11.4 Å². The normalized spacial score (nSPS) is 16.2. The summed E-state index contributed by atoms with van der Waals surface area (Å²) < 4.78 is 0. The summed E-state index contributed by atoms with van der Waals surface area (Å²) in [6, 6.07) is 24.6. The number of carbonyl (C=O) groups is 3. The summed E-state index contributed by atoms with van der Waals surface area (Å²) in [6.07, 6.45) is 2.26. The zero-order valence-corrected chi connectivity index (χ0v) is 20.7. The van der Waals surface area contributed by atoms with Crippen LogP contribution in [-0.2, 0) is 0 Å². The van der Waals surface area contributed by atoms with Crippen molar-refractivity contribution in [1.29, 1.82) is 0 Å². The first kappa shape index (κ1) is 24.4. The average molecular weight is 511 g/mol. The summed E-state index contributed by atoms with van der Waals surface area (Å²) in [6.45, 7) is 0. The van der Waals surface area contributed by atoms with E-state index < -0.39 is 11.8 Å². The second-order valence-electron chi connectivity index (χ2n) is 9.06. The molecule has 0 spiro atoms. The van der Waals surface area contributed by atoms with Crippen molar-refractivity contribution in [1.82, 2.24) is 4.98 Å². The van der Waals surface area contributed by atoms with Crippen molar-refractivity contribution in [2.24, 2.45) is 5.92 Å². The number of hydrogen-bond donors (Lipinski definition) is 1. The third kappa shape index (κ3) is 5.01. The fourth-order valence-electron chi connectivity index (χ4n) is 4.51. The fraction of sp³-hybridized carbons (Fsp3) is 0.133. The number of aromatic carboxylic acids is 1. The topological polar surface area (TPSA) is 87.6 Å². The highest BCUT2D eigenvalue weighted by molar-refractivity contribution is 6.30. The summed E-state index contributed by atoms with van der Waals surface area (Å²) in [5.41, 5.74) is 3.03. The van der Waals surface area contributed by atoms with Crippen LogP contribution >= 0.6 is 11.6 Å². The number of hydrogen-bond acceptors (Lipinski definition) is 5. The molecule has 3 aromatic carbocycles. The van der Waals surface area contributed by atoms with Gasteiger partial charge < -0.3 is 10.0 Å². The lowest BCUT2D eigenvalue weighted by Gasteiger charge is -2.19. The number of aromatic nitrogens is 1. The molecule has 0 bridgehead atoms. The number of ketones is 2. The van der Waals surface area contributed by atoms with Gasteiger partial charge in [-0.1, -0.05) is 48.0 Å². The van der Waals surface area contributed by atoms with Crippen molar-refractivity contribution in [2.45, 2.75) is 12.3 Å². The second-order valence-corrected chi connectivity index (χ2v) is 9.49. The summed E-state index contributed by atoms with van der Waals surface area (Å²) in [5.74, 6) is -2.05. The first-order chi connectivity index (χ1) is 17.8. The molecule has 1 N–H and O–H groups in total. The van der Waals surface area contributed by atoms with Crippen LogP contribution in [0.1, 0.15) is 54.7 Å². The Morgan fingerprint density at radius 1 is 0.892 bits per heavy atom. The molecule has 1 aliphatic carbocycles. The number of anilines is 2. The van der Waals surface area contributed by atoms with E-state index in [2.05, 4.69) is 4.98 Å². The lowest BCUT2D eigenvalue weighted by molar-refractivity contribution is 0.0691. The number of Topliss-reactive ketones (excluding diaryl/α,β-unsaturated/α-hetero) is 1. The van der Waals surface area contributed by atoms with Crippen molar-refractivity contribution in [3.8, 4) is 0 Å². The molecule has 1 aromatic heterocycles. The van der Waals surface area contributed by atoms with Crippen molar-refractivity contribution in [3.05, 3.63) is 124 Å². The highest BCUT2D eigenvalue weighted by atomic mass is 35.5. The molecule has 5 rings (SSSR count). The molecule has 7 heteroatoms. The zero-order chi connectivity index (χ0) is 26.1. The minimum absolute atomic E-state index is 0.0883. The predicted molar refractivity (Wildman–Crippen MR) is 142 cm³/mol. The van der Waals surface area contributed by atoms with Crippen LogP contribution in [0.3, 0.4) is 0 Å². The van der Waals surface area contributed by atoms with E-state index >= 15 is 0 Å². The van der Waals surface area contributed by atoms with Crippen LogP contribution < -0.4 is 4.90 Å². The maximum absolute atomic E-state index is 13.1. The van der Waals surface area contributed by atoms with E-state index in [1.54, 1.807) is 30.5 Å². The van der Waals surface area contributed by atoms with Gasteiger partial charge in [0, 0.05) is 34.8 Å². The van der Waals surface area contributed by atoms with Gasteiger partial charge in [-0.3, -0.25) is 14.6 Å². The molecule has 6 nitrogen and oxygen atoms in total. The number of pyridine rings is 1. The van der Waals surface area contributed by atoms with Gasteiger partial charge in [-0.15, -0.1) is 0 Å². The number of benzene rings is 3. The lowest BCUT2D eigenvalue weighted by atomic mass is 9.95. The van der Waals surface area contributed by atoms with Crippen molar-refractivity contribution in [3.63, 3.8) is 0 Å². The van der Waals surface area contributed by atoms with E-state index in [-0.39, 0.29) is 40.0 Å². The largest absolute Gasteiger partial charge is 0.478 e. The Balaban J connectivity index is 1.35. The Morgan fingerprint density at radius 3 is 2.24 bits per heavy atom. The molecule has 2 unspecified atom stereocenters. The minimum atomic E-state index is -1.25. The number of carboxylic acids is 1. The van der Waals surface area contributed by atoms with Crippen LogP contribution in [0.25, 0.3) is 0 Å². The molecule has 0 radical (unpaired) electrons. The maximum Gasteiger partial charge on any atom is 0.336 e. The molecule has 0 aliphatic heterocycles. The van der Waals surface area contributed by atoms with E-state index in [1.807, 2.05) is 54.4 Å². The monoisotopic (exact) mass is 510 g/mol. The molecule has 2 atom stereocenters.